The van der Waals surface area contributed by atoms with Crippen molar-refractivity contribution in [1.82, 2.24) is 24.4 Å². The molecule has 0 amide bonds. The van der Waals surface area contributed by atoms with Crippen LogP contribution in [0.2, 0.25) is 0 Å². The van der Waals surface area contributed by atoms with Gasteiger partial charge in [-0.3, -0.25) is 4.68 Å². The van der Waals surface area contributed by atoms with Crippen LogP contribution in [0.1, 0.15) is 38.1 Å². The number of rotatable bonds is 2. The first-order valence-electron chi connectivity index (χ1n) is 7.25. The van der Waals surface area contributed by atoms with E-state index in [0.717, 1.165) is 16.8 Å². The second-order valence-corrected chi connectivity index (χ2v) is 5.45. The Morgan fingerprint density at radius 1 is 1.10 bits per heavy atom. The molecule has 0 radical (unpaired) electrons. The van der Waals surface area contributed by atoms with E-state index >= 15 is 0 Å². The molecule has 0 N–H and O–H groups in total. The highest BCUT2D eigenvalue weighted by Crippen LogP contribution is 2.30. The van der Waals surface area contributed by atoms with Crippen LogP contribution in [0.5, 0.6) is 0 Å². The van der Waals surface area contributed by atoms with Crippen LogP contribution in [0.4, 0.5) is 0 Å². The normalized spacial score (nSPS) is 16.8. The van der Waals surface area contributed by atoms with Crippen molar-refractivity contribution in [3.63, 3.8) is 0 Å². The van der Waals surface area contributed by atoms with Crippen LogP contribution in [0.25, 0.3) is 16.8 Å². The molecule has 1 saturated carbocycles. The fourth-order valence-corrected chi connectivity index (χ4v) is 3.10. The maximum Gasteiger partial charge on any atom is 0.163 e. The van der Waals surface area contributed by atoms with E-state index in [4.69, 9.17) is 0 Å². The summed E-state index contributed by atoms with van der Waals surface area (Å²) < 4.78 is 3.93. The Bertz CT molecular complexity index is 721. The Hall–Kier alpha value is -2.17. The summed E-state index contributed by atoms with van der Waals surface area (Å²) >= 11 is 0. The number of fused-ring (bicyclic) bond motifs is 1. The van der Waals surface area contributed by atoms with E-state index in [1.54, 1.807) is 10.8 Å². The second-order valence-electron chi connectivity index (χ2n) is 5.45. The molecule has 3 aromatic rings. The summed E-state index contributed by atoms with van der Waals surface area (Å²) in [4.78, 5) is 4.33. The molecule has 0 aliphatic heterocycles. The molecule has 5 nitrogen and oxygen atoms in total. The summed E-state index contributed by atoms with van der Waals surface area (Å²) in [5, 5.41) is 8.75. The lowest BCUT2D eigenvalue weighted by Gasteiger charge is -2.21. The number of nitrogens with zero attached hydrogens (tertiary/aromatic N) is 5. The van der Waals surface area contributed by atoms with E-state index in [9.17, 15) is 0 Å². The van der Waals surface area contributed by atoms with Gasteiger partial charge in [0.1, 0.15) is 6.33 Å². The highest BCUT2D eigenvalue weighted by molar-refractivity contribution is 5.76. The van der Waals surface area contributed by atoms with Crippen molar-refractivity contribution in [3.8, 4) is 11.1 Å². The topological polar surface area (TPSA) is 48.0 Å². The van der Waals surface area contributed by atoms with Crippen LogP contribution >= 0.6 is 0 Å². The van der Waals surface area contributed by atoms with Gasteiger partial charge in [0.15, 0.2) is 5.65 Å². The third-order valence-corrected chi connectivity index (χ3v) is 4.17. The second kappa shape index (κ2) is 4.74. The van der Waals surface area contributed by atoms with E-state index in [-0.39, 0.29) is 0 Å². The zero-order chi connectivity index (χ0) is 13.4. The fraction of sp³-hybridized carbons (Fsp3) is 0.400. The van der Waals surface area contributed by atoms with Crippen LogP contribution in [0.3, 0.4) is 0 Å². The predicted octanol–water partition coefficient (Wildman–Crippen LogP) is 3.10. The molecular weight excluding hydrogens is 250 g/mol. The summed E-state index contributed by atoms with van der Waals surface area (Å²) in [7, 11) is 0. The van der Waals surface area contributed by atoms with Crippen LogP contribution in [-0.4, -0.2) is 24.4 Å². The molecular formula is C15H17N5. The standard InChI is InChI=1S/C15H17N5/c1-2-5-13(6-3-1)20-10-12(9-17-20)14-7-4-8-19-15(14)16-11-18-19/h4,7-11,13H,1-3,5-6H2. The predicted molar refractivity (Wildman–Crippen MR) is 76.3 cm³/mol. The molecule has 0 spiro atoms. The minimum atomic E-state index is 0.565. The minimum absolute atomic E-state index is 0.565. The Kier molecular flexibility index (Phi) is 2.76. The molecule has 0 bridgehead atoms. The van der Waals surface area contributed by atoms with E-state index in [2.05, 4.69) is 32.1 Å². The van der Waals surface area contributed by atoms with Gasteiger partial charge >= 0.3 is 0 Å². The van der Waals surface area contributed by atoms with Gasteiger partial charge in [0.05, 0.1) is 12.2 Å². The third-order valence-electron chi connectivity index (χ3n) is 4.17. The van der Waals surface area contributed by atoms with Crippen LogP contribution in [-0.2, 0) is 0 Å². The van der Waals surface area contributed by atoms with E-state index in [1.165, 1.54) is 32.1 Å². The van der Waals surface area contributed by atoms with Crippen molar-refractivity contribution in [1.29, 1.82) is 0 Å². The Morgan fingerprint density at radius 3 is 2.90 bits per heavy atom. The van der Waals surface area contributed by atoms with Crippen LogP contribution in [0.15, 0.2) is 37.1 Å². The molecule has 0 unspecified atom stereocenters. The van der Waals surface area contributed by atoms with Crippen molar-refractivity contribution in [2.75, 3.05) is 0 Å². The zero-order valence-corrected chi connectivity index (χ0v) is 11.3. The van der Waals surface area contributed by atoms with Gasteiger partial charge in [-0.05, 0) is 25.0 Å². The van der Waals surface area contributed by atoms with Gasteiger partial charge < -0.3 is 0 Å². The number of hydrogen-bond donors (Lipinski definition) is 0. The number of aromatic nitrogens is 5. The van der Waals surface area contributed by atoms with E-state index in [1.807, 2.05) is 18.5 Å². The largest absolute Gasteiger partial charge is 0.269 e. The van der Waals surface area contributed by atoms with Gasteiger partial charge in [0.2, 0.25) is 0 Å². The van der Waals surface area contributed by atoms with Crippen molar-refractivity contribution in [2.45, 2.75) is 38.1 Å². The van der Waals surface area contributed by atoms with Gasteiger partial charge in [0.25, 0.3) is 0 Å². The lowest BCUT2D eigenvalue weighted by atomic mass is 9.96. The van der Waals surface area contributed by atoms with Crippen molar-refractivity contribution in [2.24, 2.45) is 0 Å². The first-order valence-corrected chi connectivity index (χ1v) is 7.25. The molecule has 20 heavy (non-hydrogen) atoms. The van der Waals surface area contributed by atoms with E-state index < -0.39 is 0 Å². The Labute approximate surface area is 117 Å². The highest BCUT2D eigenvalue weighted by Gasteiger charge is 2.17. The SMILES string of the molecule is c1cc(-c2cnn(C3CCCCC3)c2)c2ncnn2c1. The highest BCUT2D eigenvalue weighted by atomic mass is 15.3. The maximum atomic E-state index is 4.57. The Morgan fingerprint density at radius 2 is 2.00 bits per heavy atom. The molecule has 1 fully saturated rings. The molecule has 1 aliphatic carbocycles. The van der Waals surface area contributed by atoms with Crippen LogP contribution in [0, 0.1) is 0 Å². The zero-order valence-electron chi connectivity index (χ0n) is 11.3. The van der Waals surface area contributed by atoms with Gasteiger partial charge in [-0.25, -0.2) is 9.50 Å². The van der Waals surface area contributed by atoms with Gasteiger partial charge in [0, 0.05) is 23.5 Å². The van der Waals surface area contributed by atoms with E-state index in [0.29, 0.717) is 6.04 Å². The molecule has 1 aliphatic rings. The molecule has 4 rings (SSSR count). The minimum Gasteiger partial charge on any atom is -0.269 e. The molecule has 0 atom stereocenters. The quantitative estimate of drug-likeness (QED) is 0.716. The van der Waals surface area contributed by atoms with Crippen molar-refractivity contribution >= 4 is 5.65 Å². The average molecular weight is 267 g/mol. The van der Waals surface area contributed by atoms with Crippen molar-refractivity contribution < 1.29 is 0 Å². The number of hydrogen-bond acceptors (Lipinski definition) is 3. The van der Waals surface area contributed by atoms with Crippen molar-refractivity contribution in [3.05, 3.63) is 37.1 Å². The molecule has 5 heteroatoms. The van der Waals surface area contributed by atoms with Gasteiger partial charge in [-0.1, -0.05) is 19.3 Å². The van der Waals surface area contributed by atoms with Crippen LogP contribution < -0.4 is 0 Å². The maximum absolute atomic E-state index is 4.57. The summed E-state index contributed by atoms with van der Waals surface area (Å²) in [6.07, 6.45) is 14.1. The first-order chi connectivity index (χ1) is 9.92. The fourth-order valence-electron chi connectivity index (χ4n) is 3.10. The molecule has 0 aromatic carbocycles. The van der Waals surface area contributed by atoms with Gasteiger partial charge in [-0.15, -0.1) is 0 Å². The smallest absolute Gasteiger partial charge is 0.163 e. The molecule has 3 heterocycles. The summed E-state index contributed by atoms with van der Waals surface area (Å²) in [5.74, 6) is 0. The molecule has 3 aromatic heterocycles. The molecule has 0 saturated heterocycles. The summed E-state index contributed by atoms with van der Waals surface area (Å²) in [6.45, 7) is 0. The summed E-state index contributed by atoms with van der Waals surface area (Å²) in [5.41, 5.74) is 3.09. The molecule has 102 valence electrons. The number of pyridine rings is 1. The monoisotopic (exact) mass is 267 g/mol. The lowest BCUT2D eigenvalue weighted by Crippen LogP contribution is -2.12. The average Bonchev–Trinajstić information content (AvgIpc) is 3.17. The summed E-state index contributed by atoms with van der Waals surface area (Å²) in [6, 6.07) is 4.64. The Balaban J connectivity index is 1.72. The first kappa shape index (κ1) is 11.6. The van der Waals surface area contributed by atoms with Gasteiger partial charge in [-0.2, -0.15) is 10.2 Å². The lowest BCUT2D eigenvalue weighted by molar-refractivity contribution is 0.329. The third kappa shape index (κ3) is 1.90.